The quantitative estimate of drug-likeness (QED) is 0.181. The van der Waals surface area contributed by atoms with Gasteiger partial charge in [-0.2, -0.15) is 11.2 Å². The average Bonchev–Trinajstić information content (AvgIpc) is 2.92. The maximum atomic E-state index is 12.7. The smallest absolute Gasteiger partial charge is 0.414 e. The molecule has 4 rings (SSSR count). The van der Waals surface area contributed by atoms with Gasteiger partial charge in [0, 0.05) is 12.7 Å². The van der Waals surface area contributed by atoms with Gasteiger partial charge in [-0.3, -0.25) is 4.90 Å². The van der Waals surface area contributed by atoms with E-state index in [2.05, 4.69) is 128 Å². The van der Waals surface area contributed by atoms with Crippen LogP contribution in [0.1, 0.15) is 37.5 Å². The van der Waals surface area contributed by atoms with Crippen LogP contribution in [-0.2, 0) is 11.2 Å². The molecule has 5 heteroatoms. The molecule has 0 atom stereocenters. The van der Waals surface area contributed by atoms with Crippen LogP contribution >= 0.6 is 11.2 Å². The molecule has 202 valence electrons. The van der Waals surface area contributed by atoms with Crippen LogP contribution in [0.2, 0.25) is 0 Å². The molecule has 39 heavy (non-hydrogen) atoms. The number of benzene rings is 4. The predicted octanol–water partition coefficient (Wildman–Crippen LogP) is 6.62. The summed E-state index contributed by atoms with van der Waals surface area (Å²) < 4.78 is 5.58. The highest BCUT2D eigenvalue weighted by atomic mass is 32.4. The molecule has 0 unspecified atom stereocenters. The Kier molecular flexibility index (Phi) is 9.03. The molecular weight excluding hydrogens is 515 g/mol. The number of aryl methyl sites for hydroxylation is 2. The van der Waals surface area contributed by atoms with Crippen molar-refractivity contribution in [3.05, 3.63) is 120 Å². The zero-order chi connectivity index (χ0) is 28.0. The monoisotopic (exact) mass is 553 g/mol. The fraction of sp³-hybridized carbons (Fsp3) is 0.265. The third-order valence-electron chi connectivity index (χ3n) is 6.95. The third-order valence-corrected chi connectivity index (χ3v) is 15.3. The van der Waals surface area contributed by atoms with E-state index in [9.17, 15) is 4.79 Å². The molecule has 4 aromatic rings. The Bertz CT molecular complexity index is 1270. The summed E-state index contributed by atoms with van der Waals surface area (Å²) in [4.78, 5) is 14.3. The van der Waals surface area contributed by atoms with E-state index < -0.39 is 12.8 Å². The van der Waals surface area contributed by atoms with Crippen molar-refractivity contribution in [1.29, 1.82) is 0 Å². The van der Waals surface area contributed by atoms with Gasteiger partial charge in [0.15, 0.2) is 0 Å². The van der Waals surface area contributed by atoms with Crippen LogP contribution in [0.25, 0.3) is 0 Å². The van der Waals surface area contributed by atoms with Crippen molar-refractivity contribution in [3.63, 3.8) is 0 Å². The molecule has 4 aromatic carbocycles. The highest BCUT2D eigenvalue weighted by Crippen LogP contribution is 2.28. The molecule has 0 bridgehead atoms. The molecule has 1 amide bonds. The number of anilines is 1. The number of hydrogen-bond donors (Lipinski definition) is 0. The van der Waals surface area contributed by atoms with Gasteiger partial charge in [-0.15, -0.1) is 0 Å². The van der Waals surface area contributed by atoms with Crippen molar-refractivity contribution in [1.82, 2.24) is 0 Å². The first kappa shape index (κ1) is 28.7. The van der Waals surface area contributed by atoms with Gasteiger partial charge >= 0.3 is 6.09 Å². The topological polar surface area (TPSA) is 29.5 Å². The Hall–Kier alpha value is -3.28. The van der Waals surface area contributed by atoms with Gasteiger partial charge in [0.25, 0.3) is 0 Å². The van der Waals surface area contributed by atoms with Crippen LogP contribution in [0, 0.1) is 13.8 Å². The Balaban J connectivity index is 1.64. The Morgan fingerprint density at radius 3 is 1.56 bits per heavy atom. The second-order valence-electron chi connectivity index (χ2n) is 11.0. The number of nitrogens with zero attached hydrogens (tertiary/aromatic N) is 1. The minimum absolute atomic E-state index is 0.339. The Morgan fingerprint density at radius 2 is 1.18 bits per heavy atom. The van der Waals surface area contributed by atoms with Gasteiger partial charge in [0.2, 0.25) is 7.22 Å². The van der Waals surface area contributed by atoms with E-state index in [-0.39, 0.29) is 6.09 Å². The average molecular weight is 554 g/mol. The fourth-order valence-corrected chi connectivity index (χ4v) is 13.1. The first-order valence-electron chi connectivity index (χ1n) is 13.5. The lowest BCUT2D eigenvalue weighted by Gasteiger charge is -2.33. The summed E-state index contributed by atoms with van der Waals surface area (Å²) in [5.41, 5.74) is 4.08. The molecule has 0 spiro atoms. The SMILES string of the molecule is Cc1cc(N(C)C(=O)OC(C)(C)C)cc(C)c1CCS[Si](c1ccccc1)(c1ccccc1)c1ccccc1. The zero-order valence-corrected chi connectivity index (χ0v) is 25.7. The molecule has 0 saturated heterocycles. The second kappa shape index (κ2) is 12.3. The van der Waals surface area contributed by atoms with E-state index in [1.807, 2.05) is 20.8 Å². The number of amides is 1. The summed E-state index contributed by atoms with van der Waals surface area (Å²) in [7, 11) is -0.557. The van der Waals surface area contributed by atoms with Crippen LogP contribution in [0.4, 0.5) is 10.5 Å². The highest BCUT2D eigenvalue weighted by Gasteiger charge is 2.40. The van der Waals surface area contributed by atoms with Crippen molar-refractivity contribution in [2.45, 2.75) is 46.6 Å². The molecule has 0 aliphatic carbocycles. The molecule has 0 saturated carbocycles. The molecule has 0 fully saturated rings. The van der Waals surface area contributed by atoms with Gasteiger partial charge in [-0.05, 0) is 91.2 Å². The van der Waals surface area contributed by atoms with E-state index in [4.69, 9.17) is 4.74 Å². The summed E-state index contributed by atoms with van der Waals surface area (Å²) in [5, 5.41) is 4.24. The summed E-state index contributed by atoms with van der Waals surface area (Å²) in [6.07, 6.45) is 0.619. The molecular formula is C34H39NO2SSi. The lowest BCUT2D eigenvalue weighted by molar-refractivity contribution is 0.0589. The molecule has 0 heterocycles. The normalized spacial score (nSPS) is 11.7. The minimum Gasteiger partial charge on any atom is -0.443 e. The van der Waals surface area contributed by atoms with E-state index in [1.54, 1.807) is 11.9 Å². The lowest BCUT2D eigenvalue weighted by atomic mass is 9.99. The largest absolute Gasteiger partial charge is 0.443 e. The van der Waals surface area contributed by atoms with Crippen molar-refractivity contribution < 1.29 is 9.53 Å². The van der Waals surface area contributed by atoms with Crippen LogP contribution < -0.4 is 20.5 Å². The lowest BCUT2D eigenvalue weighted by Crippen LogP contribution is -2.65. The number of hydrogen-bond acceptors (Lipinski definition) is 3. The third kappa shape index (κ3) is 6.66. The Morgan fingerprint density at radius 1 is 0.769 bits per heavy atom. The molecule has 0 aliphatic rings. The van der Waals surface area contributed by atoms with Gasteiger partial charge in [0.1, 0.15) is 5.60 Å². The second-order valence-corrected chi connectivity index (χ2v) is 17.5. The van der Waals surface area contributed by atoms with Gasteiger partial charge in [-0.25, -0.2) is 4.79 Å². The van der Waals surface area contributed by atoms with Crippen molar-refractivity contribution in [2.75, 3.05) is 17.7 Å². The number of carbonyl (C=O) groups excluding carboxylic acids is 1. The van der Waals surface area contributed by atoms with Crippen LogP contribution in [0.15, 0.2) is 103 Å². The first-order valence-corrected chi connectivity index (χ1v) is 17.2. The molecule has 0 aromatic heterocycles. The van der Waals surface area contributed by atoms with Gasteiger partial charge < -0.3 is 4.74 Å². The highest BCUT2D eigenvalue weighted by molar-refractivity contribution is 8.33. The van der Waals surface area contributed by atoms with Crippen molar-refractivity contribution in [2.24, 2.45) is 0 Å². The van der Waals surface area contributed by atoms with Gasteiger partial charge in [-0.1, -0.05) is 91.0 Å². The zero-order valence-electron chi connectivity index (χ0n) is 23.9. The Labute approximate surface area is 238 Å². The molecule has 0 N–H and O–H groups in total. The van der Waals surface area contributed by atoms with E-state index in [1.165, 1.54) is 32.3 Å². The summed E-state index contributed by atoms with van der Waals surface area (Å²) >= 11 is 2.12. The summed E-state index contributed by atoms with van der Waals surface area (Å²) in [6, 6.07) is 37.3. The maximum Gasteiger partial charge on any atom is 0.414 e. The van der Waals surface area contributed by atoms with Crippen molar-refractivity contribution in [3.8, 4) is 0 Å². The number of carbonyl (C=O) groups is 1. The van der Waals surface area contributed by atoms with Crippen LogP contribution in [0.5, 0.6) is 0 Å². The number of rotatable bonds is 8. The van der Waals surface area contributed by atoms with Crippen molar-refractivity contribution >= 4 is 45.8 Å². The van der Waals surface area contributed by atoms with E-state index >= 15 is 0 Å². The summed E-state index contributed by atoms with van der Waals surface area (Å²) in [6.45, 7) is 9.96. The van der Waals surface area contributed by atoms with Crippen LogP contribution in [-0.4, -0.2) is 31.7 Å². The fourth-order valence-electron chi connectivity index (χ4n) is 5.07. The molecule has 0 radical (unpaired) electrons. The van der Waals surface area contributed by atoms with E-state index in [0.29, 0.717) is 0 Å². The molecule has 3 nitrogen and oxygen atoms in total. The number of ether oxygens (including phenoxy) is 1. The summed E-state index contributed by atoms with van der Waals surface area (Å²) in [5.74, 6) is 0.994. The standard InChI is InChI=1S/C34H39NO2SSi/c1-26-24-28(35(6)33(36)37-34(3,4)5)25-27(2)32(26)22-23-38-39(29-16-10-7-11-17-29,30-18-12-8-13-19-30)31-20-14-9-15-21-31/h7-21,24-25H,22-23H2,1-6H3. The van der Waals surface area contributed by atoms with Crippen LogP contribution in [0.3, 0.4) is 0 Å². The van der Waals surface area contributed by atoms with Gasteiger partial charge in [0.05, 0.1) is 0 Å². The predicted molar refractivity (Wildman–Crippen MR) is 171 cm³/mol. The van der Waals surface area contributed by atoms with E-state index in [0.717, 1.165) is 17.9 Å². The minimum atomic E-state index is -2.33. The molecule has 0 aliphatic heterocycles. The maximum absolute atomic E-state index is 12.7. The first-order chi connectivity index (χ1) is 18.6.